The van der Waals surface area contributed by atoms with E-state index in [1.807, 2.05) is 32.4 Å². The van der Waals surface area contributed by atoms with E-state index in [0.717, 1.165) is 5.82 Å². The number of aromatic nitrogens is 3. The number of aliphatic hydroxyl groups excluding tert-OH is 1. The highest BCUT2D eigenvalue weighted by Gasteiger charge is 2.13. The molecule has 1 rings (SSSR count). The molecule has 0 aliphatic carbocycles. The summed E-state index contributed by atoms with van der Waals surface area (Å²) in [6, 6.07) is 0.0520. The zero-order valence-electron chi connectivity index (χ0n) is 10.9. The van der Waals surface area contributed by atoms with Crippen molar-refractivity contribution in [2.24, 2.45) is 7.05 Å². The third kappa shape index (κ3) is 4.80. The average molecular weight is 242 g/mol. The topological polar surface area (TPSA) is 72.2 Å². The van der Waals surface area contributed by atoms with Gasteiger partial charge in [0.1, 0.15) is 12.2 Å². The number of hydrogen-bond acceptors (Lipinski definition) is 5. The summed E-state index contributed by atoms with van der Waals surface area (Å²) in [5, 5.41) is 20.7. The molecule has 6 heteroatoms. The highest BCUT2D eigenvalue weighted by Crippen LogP contribution is 2.06. The van der Waals surface area contributed by atoms with Crippen molar-refractivity contribution >= 4 is 0 Å². The predicted octanol–water partition coefficient (Wildman–Crippen LogP) is 0.252. The van der Waals surface area contributed by atoms with Gasteiger partial charge in [0.25, 0.3) is 0 Å². The van der Waals surface area contributed by atoms with Crippen molar-refractivity contribution in [3.05, 3.63) is 12.2 Å². The minimum atomic E-state index is -0.506. The number of rotatable bonds is 7. The van der Waals surface area contributed by atoms with E-state index in [1.54, 1.807) is 6.33 Å². The summed E-state index contributed by atoms with van der Waals surface area (Å²) in [6.07, 6.45) is 1.29. The summed E-state index contributed by atoms with van der Waals surface area (Å²) < 4.78 is 7.18. The summed E-state index contributed by atoms with van der Waals surface area (Å²) >= 11 is 0. The fourth-order valence-corrected chi connectivity index (χ4v) is 1.45. The Morgan fingerprint density at radius 1 is 1.47 bits per heavy atom. The molecule has 1 aromatic rings. The average Bonchev–Trinajstić information content (AvgIpc) is 2.69. The van der Waals surface area contributed by atoms with Crippen LogP contribution in [0.1, 0.15) is 32.6 Å². The molecule has 2 N–H and O–H groups in total. The fraction of sp³-hybridized carbons (Fsp3) is 0.818. The van der Waals surface area contributed by atoms with E-state index >= 15 is 0 Å². The minimum Gasteiger partial charge on any atom is -0.389 e. The molecule has 0 radical (unpaired) electrons. The number of ether oxygens (including phenoxy) is 1. The van der Waals surface area contributed by atoms with Gasteiger partial charge in [-0.1, -0.05) is 0 Å². The zero-order chi connectivity index (χ0) is 12.8. The highest BCUT2D eigenvalue weighted by molar-refractivity contribution is 4.92. The maximum absolute atomic E-state index is 9.68. The van der Waals surface area contributed by atoms with E-state index in [0.29, 0.717) is 13.2 Å². The van der Waals surface area contributed by atoms with Crippen LogP contribution in [0, 0.1) is 0 Å². The monoisotopic (exact) mass is 242 g/mol. The van der Waals surface area contributed by atoms with Gasteiger partial charge in [-0.3, -0.25) is 0 Å². The summed E-state index contributed by atoms with van der Waals surface area (Å²) in [5.41, 5.74) is 0. The van der Waals surface area contributed by atoms with Crippen molar-refractivity contribution in [2.45, 2.75) is 39.0 Å². The Morgan fingerprint density at radius 2 is 2.18 bits per heavy atom. The van der Waals surface area contributed by atoms with Gasteiger partial charge >= 0.3 is 0 Å². The van der Waals surface area contributed by atoms with Crippen LogP contribution in [0.25, 0.3) is 0 Å². The lowest BCUT2D eigenvalue weighted by atomic mass is 10.3. The van der Waals surface area contributed by atoms with Gasteiger partial charge in [-0.05, 0) is 20.8 Å². The third-order valence-electron chi connectivity index (χ3n) is 2.42. The molecule has 17 heavy (non-hydrogen) atoms. The van der Waals surface area contributed by atoms with Crippen LogP contribution < -0.4 is 5.32 Å². The number of nitrogens with one attached hydrogen (secondary N) is 1. The van der Waals surface area contributed by atoms with Gasteiger partial charge in [-0.25, -0.2) is 0 Å². The van der Waals surface area contributed by atoms with Gasteiger partial charge in [-0.15, -0.1) is 10.2 Å². The molecule has 0 aliphatic heterocycles. The quantitative estimate of drug-likeness (QED) is 0.717. The molecule has 0 saturated carbocycles. The number of hydrogen-bond donors (Lipinski definition) is 2. The first kappa shape index (κ1) is 14.1. The first-order valence-corrected chi connectivity index (χ1v) is 5.87. The summed E-state index contributed by atoms with van der Waals surface area (Å²) in [7, 11) is 1.89. The zero-order valence-corrected chi connectivity index (χ0v) is 10.9. The van der Waals surface area contributed by atoms with Crippen LogP contribution in [0.5, 0.6) is 0 Å². The van der Waals surface area contributed by atoms with Gasteiger partial charge < -0.3 is 19.7 Å². The van der Waals surface area contributed by atoms with Crippen LogP contribution in [-0.2, 0) is 11.8 Å². The van der Waals surface area contributed by atoms with Gasteiger partial charge in [0, 0.05) is 13.6 Å². The number of aliphatic hydroxyl groups is 1. The van der Waals surface area contributed by atoms with Crippen molar-refractivity contribution in [2.75, 3.05) is 13.2 Å². The van der Waals surface area contributed by atoms with Gasteiger partial charge in [-0.2, -0.15) is 0 Å². The number of aryl methyl sites for hydroxylation is 1. The Balaban J connectivity index is 2.28. The molecule has 0 aromatic carbocycles. The third-order valence-corrected chi connectivity index (χ3v) is 2.42. The molecular formula is C11H22N4O2. The van der Waals surface area contributed by atoms with Crippen LogP contribution in [0.15, 0.2) is 6.33 Å². The smallest absolute Gasteiger partial charge is 0.149 e. The van der Waals surface area contributed by atoms with E-state index < -0.39 is 6.10 Å². The molecule has 98 valence electrons. The minimum absolute atomic E-state index is 0.0520. The first-order valence-electron chi connectivity index (χ1n) is 5.87. The SMILES string of the molecule is CC(C)OCC(O)CNC(C)c1nncn1C. The molecule has 0 amide bonds. The Morgan fingerprint density at radius 3 is 2.71 bits per heavy atom. The van der Waals surface area contributed by atoms with E-state index in [4.69, 9.17) is 4.74 Å². The van der Waals surface area contributed by atoms with Crippen molar-refractivity contribution < 1.29 is 9.84 Å². The lowest BCUT2D eigenvalue weighted by Gasteiger charge is -2.17. The molecular weight excluding hydrogens is 220 g/mol. The second-order valence-electron chi connectivity index (χ2n) is 4.47. The highest BCUT2D eigenvalue weighted by atomic mass is 16.5. The van der Waals surface area contributed by atoms with Crippen LogP contribution >= 0.6 is 0 Å². The van der Waals surface area contributed by atoms with E-state index in [2.05, 4.69) is 15.5 Å². The lowest BCUT2D eigenvalue weighted by Crippen LogP contribution is -2.33. The second-order valence-corrected chi connectivity index (χ2v) is 4.47. The van der Waals surface area contributed by atoms with Gasteiger partial charge in [0.15, 0.2) is 0 Å². The molecule has 0 saturated heterocycles. The van der Waals surface area contributed by atoms with Crippen LogP contribution in [0.2, 0.25) is 0 Å². The Hall–Kier alpha value is -0.980. The maximum Gasteiger partial charge on any atom is 0.149 e. The van der Waals surface area contributed by atoms with Crippen LogP contribution in [-0.4, -0.2) is 45.2 Å². The molecule has 0 aliphatic rings. The standard InChI is InChI=1S/C11H22N4O2/c1-8(2)17-6-10(16)5-12-9(3)11-14-13-7-15(11)4/h7-10,12,16H,5-6H2,1-4H3. The summed E-state index contributed by atoms with van der Waals surface area (Å²) in [6.45, 7) is 6.70. The Labute approximate surface area is 102 Å². The largest absolute Gasteiger partial charge is 0.389 e. The molecule has 2 unspecified atom stereocenters. The fourth-order valence-electron chi connectivity index (χ4n) is 1.45. The molecule has 1 aromatic heterocycles. The Bertz CT molecular complexity index is 327. The van der Waals surface area contributed by atoms with Gasteiger partial charge in [0.2, 0.25) is 0 Å². The molecule has 0 fully saturated rings. The molecule has 1 heterocycles. The normalized spacial score (nSPS) is 15.2. The van der Waals surface area contributed by atoms with Crippen molar-refractivity contribution in [1.82, 2.24) is 20.1 Å². The number of nitrogens with zero attached hydrogens (tertiary/aromatic N) is 3. The molecule has 0 spiro atoms. The van der Waals surface area contributed by atoms with E-state index in [-0.39, 0.29) is 12.1 Å². The predicted molar refractivity (Wildman–Crippen MR) is 64.5 cm³/mol. The van der Waals surface area contributed by atoms with Crippen LogP contribution in [0.4, 0.5) is 0 Å². The lowest BCUT2D eigenvalue weighted by molar-refractivity contribution is 0.00549. The van der Waals surface area contributed by atoms with Gasteiger partial charge in [0.05, 0.1) is 24.9 Å². The van der Waals surface area contributed by atoms with Crippen molar-refractivity contribution in [1.29, 1.82) is 0 Å². The molecule has 2 atom stereocenters. The Kier molecular flexibility index (Phi) is 5.54. The molecule has 6 nitrogen and oxygen atoms in total. The summed E-state index contributed by atoms with van der Waals surface area (Å²) in [4.78, 5) is 0. The van der Waals surface area contributed by atoms with Crippen LogP contribution in [0.3, 0.4) is 0 Å². The van der Waals surface area contributed by atoms with E-state index in [9.17, 15) is 5.11 Å². The summed E-state index contributed by atoms with van der Waals surface area (Å²) in [5.74, 6) is 0.849. The van der Waals surface area contributed by atoms with E-state index in [1.165, 1.54) is 0 Å². The second kappa shape index (κ2) is 6.68. The maximum atomic E-state index is 9.68. The molecule has 0 bridgehead atoms. The first-order chi connectivity index (χ1) is 8.00. The van der Waals surface area contributed by atoms with Crippen molar-refractivity contribution in [3.8, 4) is 0 Å². The van der Waals surface area contributed by atoms with Crippen molar-refractivity contribution in [3.63, 3.8) is 0 Å².